The lowest BCUT2D eigenvalue weighted by molar-refractivity contribution is -0.147. The fourth-order valence-corrected chi connectivity index (χ4v) is 10.8. The molecule has 7 nitrogen and oxygen atoms in total. The summed E-state index contributed by atoms with van der Waals surface area (Å²) in [6.07, 6.45) is 6.35. The molecule has 4 rings (SSSR count). The first kappa shape index (κ1) is 31.8. The van der Waals surface area contributed by atoms with Gasteiger partial charge in [-0.15, -0.1) is 24.9 Å². The SMILES string of the molecule is C=CCN(Cc1ccccc1)C(=O)[C@H]1[C@H]2C(=O)N([C@@H](CC)CO)C(C(=O)N(CC=C)C(C)CCC)C23CC(Br)[C@@H]1S3. The van der Waals surface area contributed by atoms with Crippen molar-refractivity contribution in [3.8, 4) is 0 Å². The zero-order chi connectivity index (χ0) is 29.9. The van der Waals surface area contributed by atoms with E-state index in [-0.39, 0.29) is 40.4 Å². The first-order chi connectivity index (χ1) is 19.7. The van der Waals surface area contributed by atoms with Crippen molar-refractivity contribution in [3.05, 3.63) is 61.2 Å². The summed E-state index contributed by atoms with van der Waals surface area (Å²) in [6.45, 7) is 14.8. The summed E-state index contributed by atoms with van der Waals surface area (Å²) in [7, 11) is 0. The van der Waals surface area contributed by atoms with E-state index < -0.39 is 28.7 Å². The van der Waals surface area contributed by atoms with Gasteiger partial charge in [-0.3, -0.25) is 14.4 Å². The van der Waals surface area contributed by atoms with Crippen LogP contribution in [0.2, 0.25) is 0 Å². The third-order valence-electron chi connectivity index (χ3n) is 9.05. The molecule has 1 spiro atoms. The van der Waals surface area contributed by atoms with Crippen molar-refractivity contribution >= 4 is 45.4 Å². The number of hydrogen-bond donors (Lipinski definition) is 1. The molecule has 8 atom stereocenters. The van der Waals surface area contributed by atoms with Gasteiger partial charge in [0.05, 0.1) is 29.2 Å². The second kappa shape index (κ2) is 13.5. The van der Waals surface area contributed by atoms with Gasteiger partial charge in [0.25, 0.3) is 0 Å². The number of carbonyl (C=O) groups is 3. The highest BCUT2D eigenvalue weighted by molar-refractivity contribution is 9.09. The molecule has 3 fully saturated rings. The van der Waals surface area contributed by atoms with Crippen LogP contribution in [0.4, 0.5) is 0 Å². The van der Waals surface area contributed by atoms with Crippen molar-refractivity contribution in [3.63, 3.8) is 0 Å². The Morgan fingerprint density at radius 3 is 2.46 bits per heavy atom. The second-order valence-electron chi connectivity index (χ2n) is 11.6. The van der Waals surface area contributed by atoms with Crippen molar-refractivity contribution in [1.29, 1.82) is 0 Å². The maximum absolute atomic E-state index is 14.6. The highest BCUT2D eigenvalue weighted by atomic mass is 79.9. The first-order valence-electron chi connectivity index (χ1n) is 14.8. The number of halogens is 1. The van der Waals surface area contributed by atoms with E-state index in [4.69, 9.17) is 0 Å². The zero-order valence-corrected chi connectivity index (χ0v) is 26.9. The first-order valence-corrected chi connectivity index (χ1v) is 16.6. The van der Waals surface area contributed by atoms with Gasteiger partial charge in [-0.05, 0) is 31.7 Å². The number of amides is 3. The number of aliphatic hydroxyl groups is 1. The van der Waals surface area contributed by atoms with Crippen molar-refractivity contribution in [1.82, 2.24) is 14.7 Å². The fraction of sp³-hybridized carbons (Fsp3) is 0.594. The molecule has 4 unspecified atom stereocenters. The third-order valence-corrected chi connectivity index (χ3v) is 12.3. The van der Waals surface area contributed by atoms with Crippen LogP contribution in [-0.2, 0) is 20.9 Å². The maximum Gasteiger partial charge on any atom is 0.247 e. The summed E-state index contributed by atoms with van der Waals surface area (Å²) in [5, 5.41) is 10.2. The molecule has 3 heterocycles. The topological polar surface area (TPSA) is 81.2 Å². The van der Waals surface area contributed by atoms with Gasteiger partial charge < -0.3 is 19.8 Å². The summed E-state index contributed by atoms with van der Waals surface area (Å²) in [6, 6.07) is 8.54. The number of nitrogens with zero attached hydrogens (tertiary/aromatic N) is 3. The molecule has 3 aliphatic heterocycles. The predicted octanol–water partition coefficient (Wildman–Crippen LogP) is 4.64. The lowest BCUT2D eigenvalue weighted by Crippen LogP contribution is -2.59. The Morgan fingerprint density at radius 1 is 1.20 bits per heavy atom. The molecular weight excluding hydrogens is 602 g/mol. The Morgan fingerprint density at radius 2 is 1.88 bits per heavy atom. The largest absolute Gasteiger partial charge is 0.394 e. The average molecular weight is 647 g/mol. The van der Waals surface area contributed by atoms with Crippen LogP contribution in [0, 0.1) is 11.8 Å². The molecule has 0 saturated carbocycles. The summed E-state index contributed by atoms with van der Waals surface area (Å²) in [5.41, 5.74) is 1.01. The predicted molar refractivity (Wildman–Crippen MR) is 169 cm³/mol. The van der Waals surface area contributed by atoms with E-state index in [0.717, 1.165) is 18.4 Å². The second-order valence-corrected chi connectivity index (χ2v) is 14.3. The van der Waals surface area contributed by atoms with Crippen LogP contribution in [-0.4, -0.2) is 90.2 Å². The van der Waals surface area contributed by atoms with Crippen LogP contribution in [0.3, 0.4) is 0 Å². The Labute approximate surface area is 257 Å². The van der Waals surface area contributed by atoms with E-state index in [1.54, 1.807) is 33.7 Å². The van der Waals surface area contributed by atoms with Crippen LogP contribution < -0.4 is 0 Å². The zero-order valence-electron chi connectivity index (χ0n) is 24.5. The number of thioether (sulfide) groups is 1. The van der Waals surface area contributed by atoms with E-state index in [2.05, 4.69) is 36.0 Å². The quantitative estimate of drug-likeness (QED) is 0.236. The number of rotatable bonds is 14. The molecule has 1 aromatic rings. The van der Waals surface area contributed by atoms with E-state index in [9.17, 15) is 19.5 Å². The van der Waals surface area contributed by atoms with Crippen molar-refractivity contribution < 1.29 is 19.5 Å². The summed E-state index contributed by atoms with van der Waals surface area (Å²) >= 11 is 5.51. The van der Waals surface area contributed by atoms with Crippen LogP contribution in [0.1, 0.15) is 52.0 Å². The lowest BCUT2D eigenvalue weighted by atomic mass is 9.70. The highest BCUT2D eigenvalue weighted by Crippen LogP contribution is 2.68. The van der Waals surface area contributed by atoms with E-state index in [1.165, 1.54) is 0 Å². The fourth-order valence-electron chi connectivity index (χ4n) is 7.20. The normalized spacial score (nSPS) is 29.6. The van der Waals surface area contributed by atoms with E-state index >= 15 is 0 Å². The van der Waals surface area contributed by atoms with Gasteiger partial charge in [-0.1, -0.05) is 78.7 Å². The Hall–Kier alpha value is -2.10. The molecule has 1 aromatic carbocycles. The van der Waals surface area contributed by atoms with E-state index in [1.807, 2.05) is 49.1 Å². The molecule has 9 heteroatoms. The summed E-state index contributed by atoms with van der Waals surface area (Å²) < 4.78 is -0.756. The standard InChI is InChI=1S/C32H44BrN3O4S/c1-6-13-21(5)35(17-8-3)31(40)28-32-18-24(33)27(41-32)25(26(32)30(39)36(28)23(9-4)20-37)29(38)34(16-7-2)19-22-14-11-10-12-15-22/h7-8,10-12,14-15,21,23-28,37H,2-3,6,9,13,16-20H2,1,4-5H3/t21?,23-,24?,25-,26-,27-,28?,32?/m0/s1. The molecule has 0 radical (unpaired) electrons. The summed E-state index contributed by atoms with van der Waals surface area (Å²) in [5.74, 6) is -1.59. The van der Waals surface area contributed by atoms with Gasteiger partial charge in [0.1, 0.15) is 6.04 Å². The van der Waals surface area contributed by atoms with E-state index in [0.29, 0.717) is 32.5 Å². The lowest BCUT2D eigenvalue weighted by Gasteiger charge is -2.41. The summed E-state index contributed by atoms with van der Waals surface area (Å²) in [4.78, 5) is 48.7. The smallest absolute Gasteiger partial charge is 0.247 e. The van der Waals surface area contributed by atoms with Gasteiger partial charge in [-0.25, -0.2) is 0 Å². The van der Waals surface area contributed by atoms with Gasteiger partial charge in [0.2, 0.25) is 17.7 Å². The minimum absolute atomic E-state index is 0.0156. The molecule has 2 bridgehead atoms. The van der Waals surface area contributed by atoms with Gasteiger partial charge >= 0.3 is 0 Å². The number of alkyl halides is 1. The van der Waals surface area contributed by atoms with Gasteiger partial charge in [0.15, 0.2) is 0 Å². The molecule has 41 heavy (non-hydrogen) atoms. The molecule has 0 aliphatic carbocycles. The Balaban J connectivity index is 1.78. The van der Waals surface area contributed by atoms with Crippen LogP contribution in [0.5, 0.6) is 0 Å². The number of likely N-dealkylation sites (tertiary alicyclic amines) is 1. The maximum atomic E-state index is 14.6. The van der Waals surface area contributed by atoms with Crippen molar-refractivity contribution in [2.24, 2.45) is 11.8 Å². The van der Waals surface area contributed by atoms with Crippen molar-refractivity contribution in [2.75, 3.05) is 19.7 Å². The molecule has 224 valence electrons. The average Bonchev–Trinajstić information content (AvgIpc) is 3.56. The molecule has 1 N–H and O–H groups in total. The van der Waals surface area contributed by atoms with Crippen LogP contribution >= 0.6 is 27.7 Å². The molecule has 3 aliphatic rings. The monoisotopic (exact) mass is 645 g/mol. The number of benzene rings is 1. The molecule has 3 amide bonds. The van der Waals surface area contributed by atoms with Crippen LogP contribution in [0.15, 0.2) is 55.6 Å². The number of aliphatic hydroxyl groups excluding tert-OH is 1. The Kier molecular flexibility index (Phi) is 10.5. The van der Waals surface area contributed by atoms with Gasteiger partial charge in [-0.2, -0.15) is 0 Å². The minimum Gasteiger partial charge on any atom is -0.394 e. The third kappa shape index (κ3) is 5.66. The molecule has 0 aromatic heterocycles. The minimum atomic E-state index is -0.758. The molecule has 3 saturated heterocycles. The molecular formula is C32H44BrN3O4S. The number of carbonyl (C=O) groups excluding carboxylic acids is 3. The highest BCUT2D eigenvalue weighted by Gasteiger charge is 2.76. The Bertz CT molecular complexity index is 1130. The van der Waals surface area contributed by atoms with Gasteiger partial charge in [0, 0.05) is 35.8 Å². The van der Waals surface area contributed by atoms with Crippen molar-refractivity contribution in [2.45, 2.75) is 85.9 Å². The number of hydrogen-bond acceptors (Lipinski definition) is 5. The number of fused-ring (bicyclic) bond motifs is 1. The van der Waals surface area contributed by atoms with Crippen LogP contribution in [0.25, 0.3) is 0 Å².